The van der Waals surface area contributed by atoms with Gasteiger partial charge in [-0.1, -0.05) is 0 Å². The number of hydrogen-bond donors (Lipinski definition) is 5. The van der Waals surface area contributed by atoms with Gasteiger partial charge in [0.15, 0.2) is 0 Å². The van der Waals surface area contributed by atoms with Gasteiger partial charge in [-0.15, -0.1) is 0 Å². The first-order chi connectivity index (χ1) is 8.54. The van der Waals surface area contributed by atoms with Gasteiger partial charge in [0.1, 0.15) is 0 Å². The average molecular weight is 1300 g/mol. The molecule has 0 aromatic rings. The Balaban J connectivity index is -0.000000267. The predicted molar refractivity (Wildman–Crippen MR) is 74.6 cm³/mol. The molecular weight excluding hydrogens is 1280 g/mol. The van der Waals surface area contributed by atoms with Crippen molar-refractivity contribution >= 4 is 44.0 Å². The second kappa shape index (κ2) is 13.5. The maximum Gasteiger partial charge on any atom is 0.480 e. The van der Waals surface area contributed by atoms with Crippen LogP contribution < -0.4 is 0 Å². The van der Waals surface area contributed by atoms with Gasteiger partial charge in [-0.25, -0.2) is 0 Å². The van der Waals surface area contributed by atoms with Gasteiger partial charge in [-0.2, -0.15) is 0 Å². The van der Waals surface area contributed by atoms with Crippen LogP contribution in [0, 0.1) is 0 Å². The molecule has 20 heteroatoms. The minimum atomic E-state index is -3.98. The van der Waals surface area contributed by atoms with Crippen LogP contribution in [0.4, 0.5) is 0 Å². The third-order valence-electron chi connectivity index (χ3n) is 1.89. The van der Waals surface area contributed by atoms with E-state index in [2.05, 4.69) is 0 Å². The summed E-state index contributed by atoms with van der Waals surface area (Å²) in [5.41, 5.74) is 0. The van der Waals surface area contributed by atoms with Crippen molar-refractivity contribution in [3.63, 3.8) is 0 Å². The fourth-order valence-corrected chi connectivity index (χ4v) is 18.6. The molecule has 5 N–H and O–H groups in total. The third-order valence-corrected chi connectivity index (χ3v) is 17.0. The van der Waals surface area contributed by atoms with Crippen molar-refractivity contribution in [1.82, 2.24) is 0 Å². The van der Waals surface area contributed by atoms with Gasteiger partial charge in [0, 0.05) is 138 Å². The summed E-state index contributed by atoms with van der Waals surface area (Å²) in [5, 5.41) is 0. The van der Waals surface area contributed by atoms with Crippen LogP contribution in [0.1, 0.15) is 0 Å². The van der Waals surface area contributed by atoms with Crippen LogP contribution in [-0.4, -0.2) is 68.0 Å². The molecule has 0 bridgehead atoms. The zero-order valence-corrected chi connectivity index (χ0v) is 33.5. The number of hydrogen-bond acceptors (Lipinski definition) is 10. The molecule has 0 aliphatic carbocycles. The van der Waals surface area contributed by atoms with Crippen LogP contribution in [0.3, 0.4) is 0 Å². The maximum atomic E-state index is 10.0. The minimum absolute atomic E-state index is 0. The Bertz CT molecular complexity index is 286. The van der Waals surface area contributed by atoms with Crippen molar-refractivity contribution in [3.05, 3.63) is 0 Å². The zero-order valence-electron chi connectivity index (χ0n) is 13.8. The first-order valence-electron chi connectivity index (χ1n) is 5.66. The predicted octanol–water partition coefficient (Wildman–Crippen LogP) is -2.12. The quantitative estimate of drug-likeness (QED) is 0.171. The van der Waals surface area contributed by atoms with Gasteiger partial charge in [0.2, 0.25) is 0 Å². The molecule has 1 rings (SSSR count). The fourth-order valence-electron chi connectivity index (χ4n) is 1.86. The van der Waals surface area contributed by atoms with Gasteiger partial charge in [0.25, 0.3) is 0 Å². The van der Waals surface area contributed by atoms with E-state index in [-0.39, 0.29) is 105 Å². The largest absolute Gasteiger partial charge is 0.480 e. The number of rotatable bonds is 0. The van der Waals surface area contributed by atoms with Crippen molar-refractivity contribution < 1.29 is 150 Å². The van der Waals surface area contributed by atoms with Crippen LogP contribution in [0.2, 0.25) is 32.7 Å². The summed E-state index contributed by atoms with van der Waals surface area (Å²) in [6.45, 7) is 5.75. The van der Waals surface area contributed by atoms with E-state index in [0.717, 1.165) is 32.7 Å². The summed E-state index contributed by atoms with van der Waals surface area (Å²) in [7, 11) is -19.9. The molecule has 0 aromatic carbocycles. The van der Waals surface area contributed by atoms with E-state index in [1.54, 1.807) is 0 Å². The van der Waals surface area contributed by atoms with Crippen LogP contribution >= 0.6 is 0 Å². The van der Waals surface area contributed by atoms with Crippen LogP contribution in [0.25, 0.3) is 0 Å². The zero-order chi connectivity index (χ0) is 16.0. The average Bonchev–Trinajstić information content (AvgIpc) is 1.84. The van der Waals surface area contributed by atoms with E-state index in [1.165, 1.54) is 0 Å². The smallest absolute Gasteiger partial charge is 0.391 e. The molecule has 0 amide bonds. The molecule has 0 aromatic heterocycles. The van der Waals surface area contributed by atoms with E-state index in [0.29, 0.717) is 0 Å². The van der Waals surface area contributed by atoms with Crippen molar-refractivity contribution in [2.24, 2.45) is 0 Å². The van der Waals surface area contributed by atoms with Gasteiger partial charge >= 0.3 is 44.0 Å². The normalized spacial score (nSPS) is 44.4. The van der Waals surface area contributed by atoms with Crippen LogP contribution in [-0.2, 0) is 126 Å². The standard InChI is InChI=1S/C5H20O10Si5.5W/c1-16(6)11-17(2,7)13-19(4,9)15-20(5,10)14-18(3,8)12-16;;;;;/h6-10H,1-5H3;;;;;. The van der Waals surface area contributed by atoms with Crippen LogP contribution in [0.15, 0.2) is 0 Å². The molecule has 10 nitrogen and oxygen atoms in total. The molecule has 0 unspecified atom stereocenters. The second-order valence-corrected chi connectivity index (χ2v) is 18.1. The summed E-state index contributed by atoms with van der Waals surface area (Å²) in [4.78, 5) is 50.1. The van der Waals surface area contributed by atoms with Gasteiger partial charge in [0.05, 0.1) is 0 Å². The van der Waals surface area contributed by atoms with Crippen molar-refractivity contribution in [2.45, 2.75) is 32.7 Å². The Morgan fingerprint density at radius 2 is 0.440 bits per heavy atom. The van der Waals surface area contributed by atoms with Gasteiger partial charge in [-0.05, 0) is 0 Å². The third kappa shape index (κ3) is 16.5. The monoisotopic (exact) mass is 1300 g/mol. The van der Waals surface area contributed by atoms with E-state index < -0.39 is 44.0 Å². The molecule has 0 atom stereocenters. The molecule has 1 aliphatic heterocycles. The van der Waals surface area contributed by atoms with Crippen LogP contribution in [0.5, 0.6) is 0 Å². The summed E-state index contributed by atoms with van der Waals surface area (Å²) in [6.07, 6.45) is 0. The molecule has 0 radical (unpaired) electrons. The summed E-state index contributed by atoms with van der Waals surface area (Å²) in [6, 6.07) is 0. The molecule has 1 aliphatic rings. The summed E-state index contributed by atoms with van der Waals surface area (Å²) < 4.78 is 25.0. The Kier molecular flexibility index (Phi) is 21.4. The maximum absolute atomic E-state index is 10.0. The van der Waals surface area contributed by atoms with Crippen molar-refractivity contribution in [2.75, 3.05) is 0 Å². The van der Waals surface area contributed by atoms with E-state index in [4.69, 9.17) is 20.6 Å². The van der Waals surface area contributed by atoms with E-state index >= 15 is 0 Å². The second-order valence-electron chi connectivity index (χ2n) is 5.00. The molecule has 1 fully saturated rings. The molecular formula is C5H20O10Si5W5. The Morgan fingerprint density at radius 1 is 0.360 bits per heavy atom. The summed E-state index contributed by atoms with van der Waals surface area (Å²) in [5.74, 6) is 0. The molecule has 1 heterocycles. The Hall–Kier alpha value is 4.13. The van der Waals surface area contributed by atoms with E-state index in [9.17, 15) is 24.0 Å². The molecule has 25 heavy (non-hydrogen) atoms. The van der Waals surface area contributed by atoms with Crippen molar-refractivity contribution in [1.29, 1.82) is 0 Å². The topological polar surface area (TPSA) is 147 Å². The van der Waals surface area contributed by atoms with E-state index in [1.807, 2.05) is 0 Å². The summed E-state index contributed by atoms with van der Waals surface area (Å²) >= 11 is 0. The molecule has 0 spiro atoms. The molecule has 0 saturated carbocycles. The minimum Gasteiger partial charge on any atom is -0.391 e. The van der Waals surface area contributed by atoms with Gasteiger partial charge < -0.3 is 44.6 Å². The van der Waals surface area contributed by atoms with Crippen molar-refractivity contribution in [3.8, 4) is 0 Å². The molecule has 1 saturated heterocycles. The first-order valence-corrected chi connectivity index (χ1v) is 17.0. The Labute approximate surface area is 223 Å². The fraction of sp³-hybridized carbons (Fsp3) is 1.00. The first kappa shape index (κ1) is 39.6. The SMILES string of the molecule is C[Si]1(O)O[Si](C)(O)O[Si](C)(O)O[Si](C)(O)O[Si](C)(O)O1.[W].[W].[W].[W].[W]. The van der Waals surface area contributed by atoms with Gasteiger partial charge in [-0.3, -0.25) is 0 Å². The molecule has 150 valence electrons. The Morgan fingerprint density at radius 3 is 0.520 bits per heavy atom.